The highest BCUT2D eigenvalue weighted by Gasteiger charge is 2.33. The van der Waals surface area contributed by atoms with Gasteiger partial charge in [0.2, 0.25) is 22.9 Å². The van der Waals surface area contributed by atoms with Crippen molar-refractivity contribution in [1.29, 1.82) is 0 Å². The fourth-order valence-electron chi connectivity index (χ4n) is 2.96. The summed E-state index contributed by atoms with van der Waals surface area (Å²) in [6.07, 6.45) is 0.0247. The molecule has 2 N–H and O–H groups in total. The second kappa shape index (κ2) is 7.85. The molecule has 2 heterocycles. The van der Waals surface area contributed by atoms with Gasteiger partial charge >= 0.3 is 0 Å². The molecule has 3 aromatic rings. The second-order valence-corrected chi connectivity index (χ2v) is 7.45. The number of carbonyl (C=O) groups excluding carboxylic acids is 2. The Hall–Kier alpha value is -3.13. The molecule has 8 heteroatoms. The molecule has 0 fully saturated rings. The molecule has 0 bridgehead atoms. The Labute approximate surface area is 166 Å². The summed E-state index contributed by atoms with van der Waals surface area (Å²) in [5, 5.41) is 10.6. The number of amides is 2. The van der Waals surface area contributed by atoms with Crippen molar-refractivity contribution in [2.45, 2.75) is 30.3 Å². The lowest BCUT2D eigenvalue weighted by atomic mass is 10.1. The Morgan fingerprint density at radius 1 is 1.21 bits per heavy atom. The number of anilines is 2. The number of aromatic nitrogens is 3. The van der Waals surface area contributed by atoms with Crippen molar-refractivity contribution in [3.05, 3.63) is 65.7 Å². The third-order valence-corrected chi connectivity index (χ3v) is 5.36. The topological polar surface area (TPSA) is 88.9 Å². The highest BCUT2D eigenvalue weighted by molar-refractivity contribution is 7.98. The van der Waals surface area contributed by atoms with Gasteiger partial charge < -0.3 is 5.32 Å². The van der Waals surface area contributed by atoms with Gasteiger partial charge in [-0.05, 0) is 24.1 Å². The van der Waals surface area contributed by atoms with E-state index in [2.05, 4.69) is 20.7 Å². The molecule has 0 unspecified atom stereocenters. The lowest BCUT2D eigenvalue weighted by Crippen LogP contribution is -2.36. The van der Waals surface area contributed by atoms with Gasteiger partial charge in [0.1, 0.15) is 6.04 Å². The van der Waals surface area contributed by atoms with Crippen molar-refractivity contribution in [3.63, 3.8) is 0 Å². The third kappa shape index (κ3) is 3.91. The van der Waals surface area contributed by atoms with Crippen LogP contribution in [-0.4, -0.2) is 26.6 Å². The van der Waals surface area contributed by atoms with Crippen LogP contribution in [0.25, 0.3) is 0 Å². The third-order valence-electron chi connectivity index (χ3n) is 4.45. The first-order valence-corrected chi connectivity index (χ1v) is 9.88. The van der Waals surface area contributed by atoms with Crippen LogP contribution in [0.4, 0.5) is 11.6 Å². The summed E-state index contributed by atoms with van der Waals surface area (Å²) in [5.41, 5.74) is 2.83. The van der Waals surface area contributed by atoms with E-state index in [1.807, 2.05) is 61.5 Å². The first-order chi connectivity index (χ1) is 13.6. The van der Waals surface area contributed by atoms with Crippen LogP contribution in [0.2, 0.25) is 0 Å². The van der Waals surface area contributed by atoms with Crippen LogP contribution < -0.4 is 10.6 Å². The fraction of sp³-hybridized carbons (Fsp3) is 0.200. The molecule has 2 aromatic carbocycles. The van der Waals surface area contributed by atoms with E-state index in [9.17, 15) is 9.59 Å². The minimum Gasteiger partial charge on any atom is -0.324 e. The number of rotatable bonds is 5. The molecule has 1 atom stereocenters. The van der Waals surface area contributed by atoms with Crippen LogP contribution in [0.1, 0.15) is 23.6 Å². The molecule has 0 saturated carbocycles. The zero-order valence-corrected chi connectivity index (χ0v) is 16.1. The Morgan fingerprint density at radius 2 is 1.96 bits per heavy atom. The monoisotopic (exact) mass is 393 g/mol. The van der Waals surface area contributed by atoms with E-state index < -0.39 is 6.04 Å². The molecule has 0 aliphatic carbocycles. The molecule has 0 saturated heterocycles. The van der Waals surface area contributed by atoms with Crippen molar-refractivity contribution in [1.82, 2.24) is 14.8 Å². The number of nitrogens with zero attached hydrogens (tertiary/aromatic N) is 3. The van der Waals surface area contributed by atoms with Crippen molar-refractivity contribution in [2.24, 2.45) is 0 Å². The zero-order valence-electron chi connectivity index (χ0n) is 15.3. The summed E-state index contributed by atoms with van der Waals surface area (Å²) in [7, 11) is 0. The van der Waals surface area contributed by atoms with Gasteiger partial charge in [-0.15, -0.1) is 5.10 Å². The number of nitrogens with one attached hydrogen (secondary N) is 2. The van der Waals surface area contributed by atoms with Crippen LogP contribution in [0, 0.1) is 6.92 Å². The first-order valence-electron chi connectivity index (χ1n) is 8.90. The molecule has 1 aliphatic heterocycles. The quantitative estimate of drug-likeness (QED) is 0.649. The molecule has 1 aromatic heterocycles. The van der Waals surface area contributed by atoms with Gasteiger partial charge in [0.05, 0.1) is 6.42 Å². The minimum absolute atomic E-state index is 0.0247. The predicted molar refractivity (Wildman–Crippen MR) is 108 cm³/mol. The van der Waals surface area contributed by atoms with E-state index in [4.69, 9.17) is 0 Å². The molecule has 4 rings (SSSR count). The summed E-state index contributed by atoms with van der Waals surface area (Å²) in [6.45, 7) is 1.92. The number of benzene rings is 2. The summed E-state index contributed by atoms with van der Waals surface area (Å²) < 4.78 is 1.50. The SMILES string of the molecule is Cc1ccccc1NC(=O)[C@H]1CC(=O)Nc2nc(SCc3ccccc3)nn21. The minimum atomic E-state index is -0.734. The normalized spacial score (nSPS) is 15.6. The average Bonchev–Trinajstić information content (AvgIpc) is 3.11. The largest absolute Gasteiger partial charge is 0.324 e. The molecule has 1 aliphatic rings. The van der Waals surface area contributed by atoms with Gasteiger partial charge in [-0.3, -0.25) is 14.9 Å². The van der Waals surface area contributed by atoms with Gasteiger partial charge in [-0.1, -0.05) is 60.3 Å². The molecule has 142 valence electrons. The number of thioether (sulfide) groups is 1. The summed E-state index contributed by atoms with van der Waals surface area (Å²) >= 11 is 1.46. The summed E-state index contributed by atoms with van der Waals surface area (Å²) in [4.78, 5) is 29.3. The number of aryl methyl sites for hydroxylation is 1. The highest BCUT2D eigenvalue weighted by atomic mass is 32.2. The van der Waals surface area contributed by atoms with E-state index >= 15 is 0 Å². The number of fused-ring (bicyclic) bond motifs is 1. The first kappa shape index (κ1) is 18.2. The van der Waals surface area contributed by atoms with Crippen LogP contribution in [0.5, 0.6) is 0 Å². The van der Waals surface area contributed by atoms with Gasteiger partial charge in [0.15, 0.2) is 0 Å². The fourth-order valence-corrected chi connectivity index (χ4v) is 3.75. The maximum atomic E-state index is 12.8. The Balaban J connectivity index is 1.53. The van der Waals surface area contributed by atoms with E-state index in [0.29, 0.717) is 16.9 Å². The van der Waals surface area contributed by atoms with Crippen LogP contribution >= 0.6 is 11.8 Å². The van der Waals surface area contributed by atoms with E-state index in [1.165, 1.54) is 16.4 Å². The van der Waals surface area contributed by atoms with Crippen LogP contribution in [0.3, 0.4) is 0 Å². The Morgan fingerprint density at radius 3 is 2.75 bits per heavy atom. The standard InChI is InChI=1S/C20H19N5O2S/c1-13-7-5-6-10-15(13)21-18(27)16-11-17(26)22-19-23-20(24-25(16)19)28-12-14-8-3-2-4-9-14/h2-10,16H,11-12H2,1H3,(H,21,27)(H,22,23,24,26)/t16-/m1/s1. The van der Waals surface area contributed by atoms with Crippen molar-refractivity contribution < 1.29 is 9.59 Å². The number of carbonyl (C=O) groups is 2. The van der Waals surface area contributed by atoms with Crippen molar-refractivity contribution in [3.8, 4) is 0 Å². The molecule has 7 nitrogen and oxygen atoms in total. The average molecular weight is 393 g/mol. The van der Waals surface area contributed by atoms with Crippen LogP contribution in [-0.2, 0) is 15.3 Å². The maximum Gasteiger partial charge on any atom is 0.249 e. The Bertz CT molecular complexity index is 1020. The van der Waals surface area contributed by atoms with Gasteiger partial charge in [-0.25, -0.2) is 4.68 Å². The molecule has 0 radical (unpaired) electrons. The van der Waals surface area contributed by atoms with Gasteiger partial charge in [0, 0.05) is 11.4 Å². The van der Waals surface area contributed by atoms with Crippen LogP contribution in [0.15, 0.2) is 59.8 Å². The van der Waals surface area contributed by atoms with Crippen molar-refractivity contribution >= 4 is 35.2 Å². The molecular formula is C20H19N5O2S. The highest BCUT2D eigenvalue weighted by Crippen LogP contribution is 2.28. The lowest BCUT2D eigenvalue weighted by molar-refractivity contribution is -0.125. The predicted octanol–water partition coefficient (Wildman–Crippen LogP) is 3.40. The van der Waals surface area contributed by atoms with E-state index in [1.54, 1.807) is 0 Å². The van der Waals surface area contributed by atoms with E-state index in [-0.39, 0.29) is 18.2 Å². The second-order valence-electron chi connectivity index (χ2n) is 6.51. The maximum absolute atomic E-state index is 12.8. The summed E-state index contributed by atoms with van der Waals surface area (Å²) in [6, 6.07) is 16.8. The van der Waals surface area contributed by atoms with Crippen molar-refractivity contribution in [2.75, 3.05) is 10.6 Å². The molecule has 2 amide bonds. The number of para-hydroxylation sites is 1. The zero-order chi connectivity index (χ0) is 19.5. The lowest BCUT2D eigenvalue weighted by Gasteiger charge is -2.22. The summed E-state index contributed by atoms with van der Waals surface area (Å²) in [5.74, 6) is 0.481. The molecular weight excluding hydrogens is 374 g/mol. The smallest absolute Gasteiger partial charge is 0.249 e. The molecule has 28 heavy (non-hydrogen) atoms. The number of hydrogen-bond donors (Lipinski definition) is 2. The number of hydrogen-bond acceptors (Lipinski definition) is 5. The van der Waals surface area contributed by atoms with Gasteiger partial charge in [0.25, 0.3) is 0 Å². The van der Waals surface area contributed by atoms with E-state index in [0.717, 1.165) is 16.8 Å². The molecule has 0 spiro atoms. The Kier molecular flexibility index (Phi) is 5.12. The van der Waals surface area contributed by atoms with Gasteiger partial charge in [-0.2, -0.15) is 4.98 Å².